The van der Waals surface area contributed by atoms with Crippen molar-refractivity contribution in [1.29, 1.82) is 0 Å². The molecule has 0 aliphatic carbocycles. The van der Waals surface area contributed by atoms with Crippen LogP contribution in [0.25, 0.3) is 5.65 Å². The Bertz CT molecular complexity index is 1060. The van der Waals surface area contributed by atoms with E-state index in [4.69, 9.17) is 0 Å². The highest BCUT2D eigenvalue weighted by Gasteiger charge is 2.27. The van der Waals surface area contributed by atoms with Gasteiger partial charge in [-0.15, -0.1) is 0 Å². The van der Waals surface area contributed by atoms with Gasteiger partial charge in [-0.3, -0.25) is 14.6 Å². The molecule has 0 saturated heterocycles. The zero-order valence-electron chi connectivity index (χ0n) is 16.0. The quantitative estimate of drug-likeness (QED) is 0.611. The number of carbonyl (C=O) groups excluding carboxylic acids is 2. The van der Waals surface area contributed by atoms with Crippen LogP contribution in [0.15, 0.2) is 36.9 Å². The molecule has 158 valence electrons. The molecular formula is C19H19F3N6O2. The second-order valence-corrected chi connectivity index (χ2v) is 6.66. The molecule has 8 nitrogen and oxygen atoms in total. The SMILES string of the molecule is Cc1cnccc1C(=O)NCc1cn2ncc(CNC(=O)CCC(F)(F)F)cc2n1. The van der Waals surface area contributed by atoms with Crippen molar-refractivity contribution in [3.63, 3.8) is 0 Å². The zero-order chi connectivity index (χ0) is 21.7. The lowest BCUT2D eigenvalue weighted by Gasteiger charge is -2.07. The average Bonchev–Trinajstić information content (AvgIpc) is 3.11. The molecule has 0 fully saturated rings. The number of imidazole rings is 1. The van der Waals surface area contributed by atoms with Gasteiger partial charge in [-0.05, 0) is 30.2 Å². The molecule has 0 aliphatic heterocycles. The lowest BCUT2D eigenvalue weighted by Crippen LogP contribution is -2.24. The van der Waals surface area contributed by atoms with Gasteiger partial charge in [0.2, 0.25) is 5.91 Å². The highest BCUT2D eigenvalue weighted by molar-refractivity contribution is 5.95. The third-order valence-electron chi connectivity index (χ3n) is 4.25. The Labute approximate surface area is 169 Å². The Morgan fingerprint density at radius 2 is 1.97 bits per heavy atom. The molecular weight excluding hydrogens is 401 g/mol. The van der Waals surface area contributed by atoms with Crippen molar-refractivity contribution in [1.82, 2.24) is 30.2 Å². The summed E-state index contributed by atoms with van der Waals surface area (Å²) < 4.78 is 38.0. The highest BCUT2D eigenvalue weighted by atomic mass is 19.4. The van der Waals surface area contributed by atoms with Crippen molar-refractivity contribution >= 4 is 17.5 Å². The molecule has 0 spiro atoms. The number of hydrogen-bond acceptors (Lipinski definition) is 5. The molecule has 0 radical (unpaired) electrons. The van der Waals surface area contributed by atoms with Crippen molar-refractivity contribution in [3.8, 4) is 0 Å². The van der Waals surface area contributed by atoms with Crippen LogP contribution in [0.2, 0.25) is 0 Å². The Morgan fingerprint density at radius 3 is 2.70 bits per heavy atom. The van der Waals surface area contributed by atoms with E-state index in [1.165, 1.54) is 10.7 Å². The van der Waals surface area contributed by atoms with Gasteiger partial charge in [0.15, 0.2) is 5.65 Å². The second kappa shape index (κ2) is 8.89. The van der Waals surface area contributed by atoms with E-state index in [0.29, 0.717) is 22.5 Å². The van der Waals surface area contributed by atoms with Crippen LogP contribution in [0.5, 0.6) is 0 Å². The van der Waals surface area contributed by atoms with E-state index < -0.39 is 24.9 Å². The van der Waals surface area contributed by atoms with Crippen LogP contribution in [0.3, 0.4) is 0 Å². The summed E-state index contributed by atoms with van der Waals surface area (Å²) in [6.45, 7) is 2.02. The van der Waals surface area contributed by atoms with Crippen LogP contribution in [-0.2, 0) is 17.9 Å². The summed E-state index contributed by atoms with van der Waals surface area (Å²) in [5.74, 6) is -0.937. The van der Waals surface area contributed by atoms with Crippen LogP contribution in [0.1, 0.15) is 40.0 Å². The maximum atomic E-state index is 12.3. The van der Waals surface area contributed by atoms with Crippen molar-refractivity contribution in [2.45, 2.75) is 39.0 Å². The molecule has 3 heterocycles. The molecule has 3 aromatic rings. The predicted molar refractivity (Wildman–Crippen MR) is 100 cm³/mol. The molecule has 3 aromatic heterocycles. The summed E-state index contributed by atoms with van der Waals surface area (Å²) in [7, 11) is 0. The molecule has 2 amide bonds. The topological polar surface area (TPSA) is 101 Å². The maximum absolute atomic E-state index is 12.3. The molecule has 0 saturated carbocycles. The molecule has 11 heteroatoms. The van der Waals surface area contributed by atoms with Gasteiger partial charge in [-0.25, -0.2) is 9.50 Å². The molecule has 0 atom stereocenters. The van der Waals surface area contributed by atoms with Gasteiger partial charge in [0.05, 0.1) is 31.1 Å². The minimum Gasteiger partial charge on any atom is -0.352 e. The molecule has 2 N–H and O–H groups in total. The molecule has 0 bridgehead atoms. The lowest BCUT2D eigenvalue weighted by molar-refractivity contribution is -0.144. The number of rotatable bonds is 7. The van der Waals surface area contributed by atoms with Gasteiger partial charge in [-0.1, -0.05) is 0 Å². The number of amides is 2. The largest absolute Gasteiger partial charge is 0.389 e. The van der Waals surface area contributed by atoms with Crippen molar-refractivity contribution < 1.29 is 22.8 Å². The summed E-state index contributed by atoms with van der Waals surface area (Å²) in [6, 6.07) is 3.29. The third kappa shape index (κ3) is 5.75. The number of hydrogen-bond donors (Lipinski definition) is 2. The number of nitrogens with zero attached hydrogens (tertiary/aromatic N) is 4. The summed E-state index contributed by atoms with van der Waals surface area (Å²) >= 11 is 0. The first-order chi connectivity index (χ1) is 14.2. The van der Waals surface area contributed by atoms with E-state index in [0.717, 1.165) is 5.56 Å². The highest BCUT2D eigenvalue weighted by Crippen LogP contribution is 2.21. The maximum Gasteiger partial charge on any atom is 0.389 e. The van der Waals surface area contributed by atoms with E-state index in [2.05, 4.69) is 25.7 Å². The van der Waals surface area contributed by atoms with Crippen LogP contribution >= 0.6 is 0 Å². The fourth-order valence-corrected chi connectivity index (χ4v) is 2.69. The van der Waals surface area contributed by atoms with Gasteiger partial charge in [-0.2, -0.15) is 18.3 Å². The van der Waals surface area contributed by atoms with Gasteiger partial charge in [0.25, 0.3) is 5.91 Å². The van der Waals surface area contributed by atoms with E-state index >= 15 is 0 Å². The van der Waals surface area contributed by atoms with Crippen LogP contribution in [-0.4, -0.2) is 37.6 Å². The molecule has 3 rings (SSSR count). The average molecular weight is 420 g/mol. The van der Waals surface area contributed by atoms with Crippen LogP contribution in [0.4, 0.5) is 13.2 Å². The van der Waals surface area contributed by atoms with E-state index in [-0.39, 0.29) is 19.0 Å². The number of pyridine rings is 1. The smallest absolute Gasteiger partial charge is 0.352 e. The van der Waals surface area contributed by atoms with E-state index in [9.17, 15) is 22.8 Å². The standard InChI is InChI=1S/C19H19F3N6O2/c1-12-7-23-5-3-15(12)18(30)25-10-14-11-28-16(27-14)6-13(9-26-28)8-24-17(29)2-4-19(20,21)22/h3,5-7,9,11H,2,4,8,10H2,1H3,(H,24,29)(H,25,30). The summed E-state index contributed by atoms with van der Waals surface area (Å²) in [5, 5.41) is 9.37. The lowest BCUT2D eigenvalue weighted by atomic mass is 10.1. The summed E-state index contributed by atoms with van der Waals surface area (Å²) in [6.07, 6.45) is 0.138. The fourth-order valence-electron chi connectivity index (χ4n) is 2.69. The summed E-state index contributed by atoms with van der Waals surface area (Å²) in [5.41, 5.74) is 2.94. The van der Waals surface area contributed by atoms with Crippen LogP contribution < -0.4 is 10.6 Å². The normalized spacial score (nSPS) is 11.5. The number of aryl methyl sites for hydroxylation is 1. The van der Waals surface area contributed by atoms with E-state index in [1.807, 2.05) is 0 Å². The first-order valence-corrected chi connectivity index (χ1v) is 9.07. The monoisotopic (exact) mass is 420 g/mol. The minimum atomic E-state index is -4.37. The van der Waals surface area contributed by atoms with Crippen molar-refractivity contribution in [3.05, 3.63) is 59.3 Å². The molecule has 0 aliphatic rings. The predicted octanol–water partition coefficient (Wildman–Crippen LogP) is 2.32. The first-order valence-electron chi connectivity index (χ1n) is 9.07. The van der Waals surface area contributed by atoms with Crippen molar-refractivity contribution in [2.24, 2.45) is 0 Å². The number of nitrogens with one attached hydrogen (secondary N) is 2. The van der Waals surface area contributed by atoms with Gasteiger partial charge in [0, 0.05) is 30.9 Å². The van der Waals surface area contributed by atoms with Gasteiger partial charge in [0.1, 0.15) is 0 Å². The number of fused-ring (bicyclic) bond motifs is 1. The Morgan fingerprint density at radius 1 is 1.17 bits per heavy atom. The Hall–Kier alpha value is -3.50. The third-order valence-corrected chi connectivity index (χ3v) is 4.25. The second-order valence-electron chi connectivity index (χ2n) is 6.66. The minimum absolute atomic E-state index is 0.0421. The zero-order valence-corrected chi connectivity index (χ0v) is 16.0. The number of carbonyl (C=O) groups is 2. The van der Waals surface area contributed by atoms with Gasteiger partial charge >= 0.3 is 6.18 Å². The Balaban J connectivity index is 1.57. The molecule has 0 unspecified atom stereocenters. The number of halogens is 3. The Kier molecular flexibility index (Phi) is 6.28. The fraction of sp³-hybridized carbons (Fsp3) is 0.316. The van der Waals surface area contributed by atoms with E-state index in [1.54, 1.807) is 37.6 Å². The molecule has 30 heavy (non-hydrogen) atoms. The van der Waals surface area contributed by atoms with Crippen molar-refractivity contribution in [2.75, 3.05) is 0 Å². The van der Waals surface area contributed by atoms with Gasteiger partial charge < -0.3 is 10.6 Å². The number of aromatic nitrogens is 4. The number of alkyl halides is 3. The first kappa shape index (κ1) is 21.2. The van der Waals surface area contributed by atoms with Crippen LogP contribution in [0, 0.1) is 6.92 Å². The molecule has 0 aromatic carbocycles. The summed E-state index contributed by atoms with van der Waals surface area (Å²) in [4.78, 5) is 32.1.